The van der Waals surface area contributed by atoms with E-state index in [0.717, 1.165) is 38.3 Å². The highest BCUT2D eigenvalue weighted by molar-refractivity contribution is 5.83. The summed E-state index contributed by atoms with van der Waals surface area (Å²) in [6.07, 6.45) is 5.71. The second kappa shape index (κ2) is 6.02. The van der Waals surface area contributed by atoms with Crippen molar-refractivity contribution in [1.82, 2.24) is 15.5 Å². The van der Waals surface area contributed by atoms with Gasteiger partial charge < -0.3 is 15.5 Å². The fourth-order valence-corrected chi connectivity index (χ4v) is 3.27. The lowest BCUT2D eigenvalue weighted by Gasteiger charge is -2.40. The molecule has 0 bridgehead atoms. The van der Waals surface area contributed by atoms with Gasteiger partial charge in [-0.25, -0.2) is 0 Å². The molecule has 4 nitrogen and oxygen atoms in total. The number of carbonyl (C=O) groups is 1. The van der Waals surface area contributed by atoms with Gasteiger partial charge in [0.15, 0.2) is 0 Å². The largest absolute Gasteiger partial charge is 0.356 e. The fraction of sp³-hybridized carbons (Fsp3) is 0.929. The maximum atomic E-state index is 12.2. The Morgan fingerprint density at radius 2 is 2.22 bits per heavy atom. The standard InChI is InChI=1S/C14H27N3O/c1-15-11-14(6-3-7-14)13(18)16-8-4-12-5-9-17(2)10-12/h12,15H,3-11H2,1-2H3,(H,16,18). The quantitative estimate of drug-likeness (QED) is 0.737. The molecule has 18 heavy (non-hydrogen) atoms. The monoisotopic (exact) mass is 253 g/mol. The molecule has 1 amide bonds. The van der Waals surface area contributed by atoms with Crippen LogP contribution in [0, 0.1) is 11.3 Å². The van der Waals surface area contributed by atoms with Crippen molar-refractivity contribution in [2.45, 2.75) is 32.1 Å². The van der Waals surface area contributed by atoms with Gasteiger partial charge in [-0.3, -0.25) is 4.79 Å². The van der Waals surface area contributed by atoms with E-state index >= 15 is 0 Å². The second-order valence-electron chi connectivity index (χ2n) is 6.13. The molecule has 2 fully saturated rings. The van der Waals surface area contributed by atoms with Crippen LogP contribution < -0.4 is 10.6 Å². The third-order valence-electron chi connectivity index (χ3n) is 4.63. The van der Waals surface area contributed by atoms with Gasteiger partial charge in [-0.2, -0.15) is 0 Å². The molecule has 1 heterocycles. The van der Waals surface area contributed by atoms with Gasteiger partial charge in [0, 0.05) is 19.6 Å². The molecule has 0 aromatic rings. The van der Waals surface area contributed by atoms with Crippen molar-refractivity contribution in [2.75, 3.05) is 40.3 Å². The lowest BCUT2D eigenvalue weighted by Crippen LogP contribution is -2.51. The number of rotatable bonds is 6. The number of nitrogens with one attached hydrogen (secondary N) is 2. The van der Waals surface area contributed by atoms with Gasteiger partial charge >= 0.3 is 0 Å². The zero-order valence-electron chi connectivity index (χ0n) is 11.8. The summed E-state index contributed by atoms with van der Waals surface area (Å²) in [5.74, 6) is 1.05. The average molecular weight is 253 g/mol. The molecule has 4 heteroatoms. The summed E-state index contributed by atoms with van der Waals surface area (Å²) in [6, 6.07) is 0. The Morgan fingerprint density at radius 3 is 2.72 bits per heavy atom. The van der Waals surface area contributed by atoms with Crippen molar-refractivity contribution < 1.29 is 4.79 Å². The van der Waals surface area contributed by atoms with Crippen molar-refractivity contribution in [3.05, 3.63) is 0 Å². The summed E-state index contributed by atoms with van der Waals surface area (Å²) in [5, 5.41) is 6.32. The van der Waals surface area contributed by atoms with E-state index in [1.807, 2.05) is 7.05 Å². The number of hydrogen-bond acceptors (Lipinski definition) is 3. The van der Waals surface area contributed by atoms with E-state index in [0.29, 0.717) is 0 Å². The summed E-state index contributed by atoms with van der Waals surface area (Å²) in [4.78, 5) is 14.6. The van der Waals surface area contributed by atoms with Crippen molar-refractivity contribution in [2.24, 2.45) is 11.3 Å². The second-order valence-corrected chi connectivity index (χ2v) is 6.13. The number of hydrogen-bond donors (Lipinski definition) is 2. The Hall–Kier alpha value is -0.610. The third-order valence-corrected chi connectivity index (χ3v) is 4.63. The van der Waals surface area contributed by atoms with E-state index in [2.05, 4.69) is 22.6 Å². The van der Waals surface area contributed by atoms with Gasteiger partial charge in [-0.1, -0.05) is 6.42 Å². The lowest BCUT2D eigenvalue weighted by molar-refractivity contribution is -0.135. The van der Waals surface area contributed by atoms with Crippen molar-refractivity contribution in [3.8, 4) is 0 Å². The molecule has 2 aliphatic rings. The number of likely N-dealkylation sites (tertiary alicyclic amines) is 1. The molecule has 2 rings (SSSR count). The number of nitrogens with zero attached hydrogens (tertiary/aromatic N) is 1. The topological polar surface area (TPSA) is 44.4 Å². The zero-order chi connectivity index (χ0) is 13.0. The highest BCUT2D eigenvalue weighted by Crippen LogP contribution is 2.40. The average Bonchev–Trinajstić information content (AvgIpc) is 2.69. The molecule has 1 aliphatic carbocycles. The predicted molar refractivity (Wildman–Crippen MR) is 73.4 cm³/mol. The summed E-state index contributed by atoms with van der Waals surface area (Å²) < 4.78 is 0. The van der Waals surface area contributed by atoms with Crippen LogP contribution >= 0.6 is 0 Å². The third kappa shape index (κ3) is 3.04. The Morgan fingerprint density at radius 1 is 1.44 bits per heavy atom. The first-order chi connectivity index (χ1) is 8.66. The molecule has 0 radical (unpaired) electrons. The van der Waals surface area contributed by atoms with Gasteiger partial charge in [0.2, 0.25) is 5.91 Å². The molecule has 0 aromatic heterocycles. The van der Waals surface area contributed by atoms with Crippen LogP contribution in [0.2, 0.25) is 0 Å². The van der Waals surface area contributed by atoms with Crippen LogP contribution in [0.25, 0.3) is 0 Å². The molecule has 1 unspecified atom stereocenters. The summed E-state index contributed by atoms with van der Waals surface area (Å²) in [5.41, 5.74) is -0.0960. The first-order valence-electron chi connectivity index (χ1n) is 7.28. The summed E-state index contributed by atoms with van der Waals surface area (Å²) in [7, 11) is 4.11. The molecule has 0 spiro atoms. The first kappa shape index (κ1) is 13.8. The molecule has 1 saturated carbocycles. The number of amides is 1. The fourth-order valence-electron chi connectivity index (χ4n) is 3.27. The smallest absolute Gasteiger partial charge is 0.227 e. The minimum atomic E-state index is -0.0960. The zero-order valence-corrected chi connectivity index (χ0v) is 11.8. The molecule has 1 atom stereocenters. The van der Waals surface area contributed by atoms with Gasteiger partial charge in [-0.05, 0) is 52.2 Å². The Kier molecular flexibility index (Phi) is 4.62. The van der Waals surface area contributed by atoms with Crippen molar-refractivity contribution >= 4 is 5.91 Å². The van der Waals surface area contributed by atoms with Crippen LogP contribution in [0.3, 0.4) is 0 Å². The Bertz CT molecular complexity index is 289. The van der Waals surface area contributed by atoms with Crippen LogP contribution in [-0.4, -0.2) is 51.1 Å². The Labute approximate surface area is 110 Å². The van der Waals surface area contributed by atoms with E-state index in [1.54, 1.807) is 0 Å². The molecular formula is C14H27N3O. The van der Waals surface area contributed by atoms with Crippen molar-refractivity contribution in [1.29, 1.82) is 0 Å². The summed E-state index contributed by atoms with van der Waals surface area (Å²) >= 11 is 0. The van der Waals surface area contributed by atoms with E-state index in [4.69, 9.17) is 0 Å². The normalized spacial score (nSPS) is 26.9. The van der Waals surface area contributed by atoms with E-state index < -0.39 is 0 Å². The van der Waals surface area contributed by atoms with Gasteiger partial charge in [-0.15, -0.1) is 0 Å². The SMILES string of the molecule is CNCC1(C(=O)NCCC2CCN(C)C2)CCC1. The molecule has 1 aliphatic heterocycles. The maximum absolute atomic E-state index is 12.2. The van der Waals surface area contributed by atoms with E-state index in [1.165, 1.54) is 25.9 Å². The van der Waals surface area contributed by atoms with Gasteiger partial charge in [0.05, 0.1) is 5.41 Å². The van der Waals surface area contributed by atoms with Gasteiger partial charge in [0.25, 0.3) is 0 Å². The minimum absolute atomic E-state index is 0.0960. The molecule has 104 valence electrons. The highest BCUT2D eigenvalue weighted by atomic mass is 16.2. The predicted octanol–water partition coefficient (Wildman–Crippen LogP) is 0.834. The molecule has 1 saturated heterocycles. The Balaban J connectivity index is 1.68. The lowest BCUT2D eigenvalue weighted by atomic mass is 9.68. The van der Waals surface area contributed by atoms with Crippen molar-refractivity contribution in [3.63, 3.8) is 0 Å². The van der Waals surface area contributed by atoms with Crippen LogP contribution in [-0.2, 0) is 4.79 Å². The summed E-state index contributed by atoms with van der Waals surface area (Å²) in [6.45, 7) is 4.08. The van der Waals surface area contributed by atoms with Crippen LogP contribution in [0.1, 0.15) is 32.1 Å². The molecule has 2 N–H and O–H groups in total. The molecular weight excluding hydrogens is 226 g/mol. The maximum Gasteiger partial charge on any atom is 0.227 e. The van der Waals surface area contributed by atoms with E-state index in [9.17, 15) is 4.79 Å². The molecule has 0 aromatic carbocycles. The van der Waals surface area contributed by atoms with Crippen LogP contribution in [0.4, 0.5) is 0 Å². The van der Waals surface area contributed by atoms with Crippen LogP contribution in [0.15, 0.2) is 0 Å². The minimum Gasteiger partial charge on any atom is -0.356 e. The highest BCUT2D eigenvalue weighted by Gasteiger charge is 2.43. The number of carbonyl (C=O) groups excluding carboxylic acids is 1. The van der Waals surface area contributed by atoms with Crippen LogP contribution in [0.5, 0.6) is 0 Å². The van der Waals surface area contributed by atoms with Gasteiger partial charge in [0.1, 0.15) is 0 Å². The van der Waals surface area contributed by atoms with E-state index in [-0.39, 0.29) is 11.3 Å². The first-order valence-corrected chi connectivity index (χ1v) is 7.28.